The first-order valence-electron chi connectivity index (χ1n) is 6.75. The van der Waals surface area contributed by atoms with Gasteiger partial charge in [0.05, 0.1) is 5.75 Å². The minimum absolute atomic E-state index is 0.194. The van der Waals surface area contributed by atoms with Gasteiger partial charge in [0.15, 0.2) is 0 Å². The molecule has 1 aromatic rings. The average molecular weight is 283 g/mol. The van der Waals surface area contributed by atoms with Crippen LogP contribution in [0, 0.1) is 0 Å². The fraction of sp³-hybridized carbons (Fsp3) is 0.615. The summed E-state index contributed by atoms with van der Waals surface area (Å²) < 4.78 is 26.1. The van der Waals surface area contributed by atoms with Crippen LogP contribution in [0.5, 0.6) is 0 Å². The predicted octanol–water partition coefficient (Wildman–Crippen LogP) is 0.686. The summed E-state index contributed by atoms with van der Waals surface area (Å²) in [5.41, 5.74) is 1.04. The van der Waals surface area contributed by atoms with Gasteiger partial charge in [0, 0.05) is 25.0 Å². The quantitative estimate of drug-likeness (QED) is 0.654. The lowest BCUT2D eigenvalue weighted by molar-refractivity contribution is 0.574. The van der Waals surface area contributed by atoms with Gasteiger partial charge in [-0.05, 0) is 43.9 Å². The molecule has 106 valence electrons. The molecular weight excluding hydrogens is 262 g/mol. The van der Waals surface area contributed by atoms with Crippen molar-refractivity contribution in [3.05, 3.63) is 30.1 Å². The zero-order valence-corrected chi connectivity index (χ0v) is 11.8. The Hall–Kier alpha value is -0.980. The molecule has 0 radical (unpaired) electrons. The van der Waals surface area contributed by atoms with Gasteiger partial charge in [-0.25, -0.2) is 13.1 Å². The van der Waals surface area contributed by atoms with Crippen molar-refractivity contribution in [2.24, 2.45) is 0 Å². The van der Waals surface area contributed by atoms with E-state index >= 15 is 0 Å². The smallest absolute Gasteiger partial charge is 0.211 e. The van der Waals surface area contributed by atoms with Gasteiger partial charge in [0.25, 0.3) is 0 Å². The standard InChI is InChI=1S/C13H21N3O2S/c17-19(18,10-2-8-15-13-4-5-13)16-9-6-12-3-1-7-14-11-12/h1,3,7,11,13,15-16H,2,4-6,8-10H2. The molecule has 1 heterocycles. The third-order valence-corrected chi connectivity index (χ3v) is 4.53. The van der Waals surface area contributed by atoms with Crippen LogP contribution in [0.2, 0.25) is 0 Å². The summed E-state index contributed by atoms with van der Waals surface area (Å²) in [7, 11) is -3.14. The highest BCUT2D eigenvalue weighted by Crippen LogP contribution is 2.18. The van der Waals surface area contributed by atoms with Crippen LogP contribution in [0.15, 0.2) is 24.5 Å². The molecular formula is C13H21N3O2S. The Balaban J connectivity index is 1.60. The molecule has 0 bridgehead atoms. The van der Waals surface area contributed by atoms with E-state index in [9.17, 15) is 8.42 Å². The lowest BCUT2D eigenvalue weighted by Gasteiger charge is -2.07. The Kier molecular flexibility index (Phi) is 5.30. The van der Waals surface area contributed by atoms with Crippen molar-refractivity contribution in [3.8, 4) is 0 Å². The normalized spacial score (nSPS) is 15.6. The van der Waals surface area contributed by atoms with Crippen LogP contribution in [-0.2, 0) is 16.4 Å². The highest BCUT2D eigenvalue weighted by Gasteiger charge is 2.20. The maximum Gasteiger partial charge on any atom is 0.211 e. The van der Waals surface area contributed by atoms with E-state index < -0.39 is 10.0 Å². The zero-order valence-electron chi connectivity index (χ0n) is 11.0. The number of nitrogens with zero attached hydrogens (tertiary/aromatic N) is 1. The van der Waals surface area contributed by atoms with E-state index in [1.54, 1.807) is 12.4 Å². The monoisotopic (exact) mass is 283 g/mol. The minimum atomic E-state index is -3.14. The van der Waals surface area contributed by atoms with Gasteiger partial charge < -0.3 is 5.32 Å². The van der Waals surface area contributed by atoms with E-state index in [-0.39, 0.29) is 5.75 Å². The Morgan fingerprint density at radius 2 is 2.16 bits per heavy atom. The van der Waals surface area contributed by atoms with Gasteiger partial charge in [0.2, 0.25) is 10.0 Å². The van der Waals surface area contributed by atoms with Gasteiger partial charge in [-0.3, -0.25) is 4.98 Å². The van der Waals surface area contributed by atoms with E-state index in [0.29, 0.717) is 25.4 Å². The molecule has 6 heteroatoms. The van der Waals surface area contributed by atoms with Gasteiger partial charge in [-0.15, -0.1) is 0 Å². The van der Waals surface area contributed by atoms with Crippen molar-refractivity contribution in [1.29, 1.82) is 0 Å². The second-order valence-corrected chi connectivity index (χ2v) is 6.83. The minimum Gasteiger partial charge on any atom is -0.314 e. The fourth-order valence-corrected chi connectivity index (χ4v) is 2.91. The second kappa shape index (κ2) is 6.98. The predicted molar refractivity (Wildman–Crippen MR) is 75.4 cm³/mol. The van der Waals surface area contributed by atoms with E-state index in [1.165, 1.54) is 12.8 Å². The second-order valence-electron chi connectivity index (χ2n) is 4.91. The Morgan fingerprint density at radius 1 is 1.32 bits per heavy atom. The van der Waals surface area contributed by atoms with Crippen LogP contribution in [0.1, 0.15) is 24.8 Å². The topological polar surface area (TPSA) is 71.1 Å². The summed E-state index contributed by atoms with van der Waals surface area (Å²) in [6, 6.07) is 4.44. The number of hydrogen-bond acceptors (Lipinski definition) is 4. The summed E-state index contributed by atoms with van der Waals surface area (Å²) >= 11 is 0. The molecule has 19 heavy (non-hydrogen) atoms. The van der Waals surface area contributed by atoms with Gasteiger partial charge in [-0.1, -0.05) is 6.07 Å². The lowest BCUT2D eigenvalue weighted by Crippen LogP contribution is -2.30. The molecule has 0 saturated heterocycles. The molecule has 1 aromatic heterocycles. The molecule has 0 amide bonds. The molecule has 1 aliphatic carbocycles. The molecule has 1 saturated carbocycles. The molecule has 1 aliphatic rings. The summed E-state index contributed by atoms with van der Waals surface area (Å²) in [6.45, 7) is 1.22. The van der Waals surface area contributed by atoms with E-state index in [2.05, 4.69) is 15.0 Å². The van der Waals surface area contributed by atoms with Crippen molar-refractivity contribution < 1.29 is 8.42 Å². The first-order valence-corrected chi connectivity index (χ1v) is 8.40. The summed E-state index contributed by atoms with van der Waals surface area (Å²) in [5, 5.41) is 3.31. The van der Waals surface area contributed by atoms with Crippen molar-refractivity contribution in [2.45, 2.75) is 31.7 Å². The molecule has 0 atom stereocenters. The maximum absolute atomic E-state index is 11.7. The molecule has 2 N–H and O–H groups in total. The summed E-state index contributed by atoms with van der Waals surface area (Å²) in [5.74, 6) is 0.194. The lowest BCUT2D eigenvalue weighted by atomic mass is 10.2. The molecule has 0 aliphatic heterocycles. The molecule has 0 unspecified atom stereocenters. The van der Waals surface area contributed by atoms with Crippen molar-refractivity contribution in [3.63, 3.8) is 0 Å². The average Bonchev–Trinajstić information content (AvgIpc) is 3.20. The van der Waals surface area contributed by atoms with Crippen LogP contribution >= 0.6 is 0 Å². The molecule has 5 nitrogen and oxygen atoms in total. The number of nitrogens with one attached hydrogen (secondary N) is 2. The number of hydrogen-bond donors (Lipinski definition) is 2. The van der Waals surface area contributed by atoms with Crippen LogP contribution < -0.4 is 10.0 Å². The Labute approximate surface area is 114 Å². The number of sulfonamides is 1. The SMILES string of the molecule is O=S(=O)(CCCNC1CC1)NCCc1cccnc1. The van der Waals surface area contributed by atoms with Crippen molar-refractivity contribution in [1.82, 2.24) is 15.0 Å². The van der Waals surface area contributed by atoms with Crippen LogP contribution in [0.4, 0.5) is 0 Å². The Morgan fingerprint density at radius 3 is 2.84 bits per heavy atom. The first kappa shape index (κ1) is 14.4. The molecule has 0 aromatic carbocycles. The third kappa shape index (κ3) is 6.13. The maximum atomic E-state index is 11.7. The van der Waals surface area contributed by atoms with Crippen molar-refractivity contribution in [2.75, 3.05) is 18.8 Å². The summed E-state index contributed by atoms with van der Waals surface area (Å²) in [4.78, 5) is 4.00. The fourth-order valence-electron chi connectivity index (χ4n) is 1.82. The van der Waals surface area contributed by atoms with Crippen LogP contribution in [-0.4, -0.2) is 38.3 Å². The van der Waals surface area contributed by atoms with E-state index in [0.717, 1.165) is 12.1 Å². The third-order valence-electron chi connectivity index (χ3n) is 3.06. The van der Waals surface area contributed by atoms with Gasteiger partial charge in [-0.2, -0.15) is 0 Å². The van der Waals surface area contributed by atoms with E-state index in [4.69, 9.17) is 0 Å². The number of pyridine rings is 1. The zero-order chi connectivity index (χ0) is 13.6. The number of rotatable bonds is 9. The van der Waals surface area contributed by atoms with Crippen LogP contribution in [0.25, 0.3) is 0 Å². The number of aromatic nitrogens is 1. The van der Waals surface area contributed by atoms with Crippen LogP contribution in [0.3, 0.4) is 0 Å². The largest absolute Gasteiger partial charge is 0.314 e. The summed E-state index contributed by atoms with van der Waals surface area (Å²) in [6.07, 6.45) is 7.27. The highest BCUT2D eigenvalue weighted by atomic mass is 32.2. The van der Waals surface area contributed by atoms with Gasteiger partial charge in [0.1, 0.15) is 0 Å². The Bertz CT molecular complexity index is 472. The first-order chi connectivity index (χ1) is 9.16. The molecule has 0 spiro atoms. The highest BCUT2D eigenvalue weighted by molar-refractivity contribution is 7.89. The van der Waals surface area contributed by atoms with Crippen molar-refractivity contribution >= 4 is 10.0 Å². The molecule has 2 rings (SSSR count). The van der Waals surface area contributed by atoms with Gasteiger partial charge >= 0.3 is 0 Å². The molecule has 1 fully saturated rings. The van der Waals surface area contributed by atoms with E-state index in [1.807, 2.05) is 12.1 Å².